The summed E-state index contributed by atoms with van der Waals surface area (Å²) in [6.45, 7) is 4.85. The summed E-state index contributed by atoms with van der Waals surface area (Å²) in [6, 6.07) is 22.2. The zero-order valence-electron chi connectivity index (χ0n) is 18.5. The molecule has 0 aromatic heterocycles. The number of anilines is 2. The van der Waals surface area contributed by atoms with Crippen LogP contribution in [0.1, 0.15) is 43.6 Å². The van der Waals surface area contributed by atoms with Gasteiger partial charge in [0.25, 0.3) is 17.7 Å². The van der Waals surface area contributed by atoms with Gasteiger partial charge in [0.15, 0.2) is 0 Å². The molecule has 3 aromatic rings. The van der Waals surface area contributed by atoms with Crippen LogP contribution in [0.4, 0.5) is 11.4 Å². The predicted molar refractivity (Wildman–Crippen MR) is 128 cm³/mol. The molecule has 0 aliphatic carbocycles. The summed E-state index contributed by atoms with van der Waals surface area (Å²) in [6.07, 6.45) is 0.957. The highest BCUT2D eigenvalue weighted by Crippen LogP contribution is 2.30. The smallest absolute Gasteiger partial charge is 0.266 e. The lowest BCUT2D eigenvalue weighted by molar-refractivity contribution is 0.0746. The predicted octanol–water partition coefficient (Wildman–Crippen LogP) is 4.01. The fraction of sp³-hybridized carbons (Fsp3) is 0.222. The van der Waals surface area contributed by atoms with E-state index in [1.165, 1.54) is 10.5 Å². The number of hydrogen-bond donors (Lipinski definition) is 0. The van der Waals surface area contributed by atoms with Crippen LogP contribution in [0.25, 0.3) is 0 Å². The number of aryl methyl sites for hydroxylation is 1. The summed E-state index contributed by atoms with van der Waals surface area (Å²) >= 11 is 0. The van der Waals surface area contributed by atoms with Crippen molar-refractivity contribution in [3.8, 4) is 0 Å². The zero-order chi connectivity index (χ0) is 22.9. The number of rotatable bonds is 4. The molecular formula is C27H25N3O3. The average Bonchev–Trinajstić information content (AvgIpc) is 3.14. The van der Waals surface area contributed by atoms with E-state index < -0.39 is 0 Å². The third-order valence-corrected chi connectivity index (χ3v) is 6.44. The minimum absolute atomic E-state index is 0.0678. The second kappa shape index (κ2) is 8.54. The molecule has 3 aromatic carbocycles. The number of imide groups is 1. The van der Waals surface area contributed by atoms with Crippen LogP contribution in [0.2, 0.25) is 0 Å². The van der Waals surface area contributed by atoms with Crippen LogP contribution in [-0.4, -0.2) is 48.8 Å². The number of piperazine rings is 1. The maximum Gasteiger partial charge on any atom is 0.266 e. The highest BCUT2D eigenvalue weighted by molar-refractivity contribution is 6.34. The van der Waals surface area contributed by atoms with Crippen molar-refractivity contribution in [2.75, 3.05) is 36.0 Å². The molecule has 2 aliphatic heterocycles. The molecule has 5 rings (SSSR count). The first-order chi connectivity index (χ1) is 16.1. The number of carbonyl (C=O) groups excluding carboxylic acids is 3. The Bertz CT molecular complexity index is 1180. The molecule has 2 heterocycles. The van der Waals surface area contributed by atoms with Gasteiger partial charge in [-0.3, -0.25) is 14.4 Å². The van der Waals surface area contributed by atoms with E-state index >= 15 is 0 Å². The van der Waals surface area contributed by atoms with Crippen molar-refractivity contribution in [3.05, 3.63) is 95.1 Å². The quantitative estimate of drug-likeness (QED) is 0.577. The highest BCUT2D eigenvalue weighted by Gasteiger charge is 2.36. The number of benzene rings is 3. The summed E-state index contributed by atoms with van der Waals surface area (Å²) in [4.78, 5) is 43.6. The van der Waals surface area contributed by atoms with Gasteiger partial charge in [-0.1, -0.05) is 31.2 Å². The Hall–Kier alpha value is -3.93. The van der Waals surface area contributed by atoms with Crippen molar-refractivity contribution in [3.63, 3.8) is 0 Å². The average molecular weight is 440 g/mol. The zero-order valence-corrected chi connectivity index (χ0v) is 18.5. The maximum absolute atomic E-state index is 12.8. The second-order valence-corrected chi connectivity index (χ2v) is 8.34. The third kappa shape index (κ3) is 3.78. The van der Waals surface area contributed by atoms with Gasteiger partial charge in [-0.05, 0) is 60.5 Å². The van der Waals surface area contributed by atoms with Gasteiger partial charge in [-0.2, -0.15) is 0 Å². The summed E-state index contributed by atoms with van der Waals surface area (Å²) in [5.74, 6) is -0.511. The molecule has 0 radical (unpaired) electrons. The molecule has 33 heavy (non-hydrogen) atoms. The normalized spacial score (nSPS) is 15.7. The number of nitrogens with zero attached hydrogens (tertiary/aromatic N) is 3. The molecular weight excluding hydrogens is 414 g/mol. The summed E-state index contributed by atoms with van der Waals surface area (Å²) in [5, 5.41) is 0. The summed E-state index contributed by atoms with van der Waals surface area (Å²) in [5.41, 5.74) is 4.41. The van der Waals surface area contributed by atoms with Gasteiger partial charge in [-0.15, -0.1) is 0 Å². The third-order valence-electron chi connectivity index (χ3n) is 6.44. The molecule has 1 saturated heterocycles. The number of fused-ring (bicyclic) bond motifs is 1. The molecule has 0 N–H and O–H groups in total. The van der Waals surface area contributed by atoms with E-state index in [-0.39, 0.29) is 17.7 Å². The van der Waals surface area contributed by atoms with Crippen molar-refractivity contribution in [1.82, 2.24) is 4.90 Å². The van der Waals surface area contributed by atoms with Gasteiger partial charge in [0, 0.05) is 37.4 Å². The van der Waals surface area contributed by atoms with E-state index in [4.69, 9.17) is 0 Å². The molecule has 3 amide bonds. The number of carbonyl (C=O) groups is 3. The minimum Gasteiger partial charge on any atom is -0.368 e. The molecule has 1 fully saturated rings. The van der Waals surface area contributed by atoms with Gasteiger partial charge >= 0.3 is 0 Å². The van der Waals surface area contributed by atoms with Gasteiger partial charge in [0.2, 0.25) is 0 Å². The van der Waals surface area contributed by atoms with Crippen molar-refractivity contribution in [2.45, 2.75) is 13.3 Å². The van der Waals surface area contributed by atoms with Crippen LogP contribution < -0.4 is 9.80 Å². The number of hydrogen-bond acceptors (Lipinski definition) is 4. The molecule has 0 bridgehead atoms. The molecule has 2 aliphatic rings. The Morgan fingerprint density at radius 2 is 1.27 bits per heavy atom. The summed E-state index contributed by atoms with van der Waals surface area (Å²) in [7, 11) is 0. The maximum atomic E-state index is 12.8. The Morgan fingerprint density at radius 3 is 1.82 bits per heavy atom. The molecule has 166 valence electrons. The van der Waals surface area contributed by atoms with Crippen LogP contribution in [0.15, 0.2) is 72.8 Å². The monoisotopic (exact) mass is 439 g/mol. The van der Waals surface area contributed by atoms with Crippen molar-refractivity contribution < 1.29 is 14.4 Å². The molecule has 6 nitrogen and oxygen atoms in total. The fourth-order valence-corrected chi connectivity index (χ4v) is 4.47. The lowest BCUT2D eigenvalue weighted by atomic mass is 10.1. The molecule has 0 unspecified atom stereocenters. The van der Waals surface area contributed by atoms with E-state index in [2.05, 4.69) is 11.8 Å². The Balaban J connectivity index is 1.24. The van der Waals surface area contributed by atoms with Crippen molar-refractivity contribution in [1.29, 1.82) is 0 Å². The standard InChI is InChI=1S/C27H25N3O3/c1-2-19-7-9-20(10-8-19)25(31)29-17-15-28(16-18-29)21-11-13-22(14-12-21)30-26(32)23-5-3-4-6-24(23)27(30)33/h3-14H,2,15-18H2,1H3. The topological polar surface area (TPSA) is 60.9 Å². The van der Waals surface area contributed by atoms with Crippen molar-refractivity contribution in [2.24, 2.45) is 0 Å². The van der Waals surface area contributed by atoms with Crippen LogP contribution in [0.3, 0.4) is 0 Å². The first kappa shape index (κ1) is 20.9. The van der Waals surface area contributed by atoms with Crippen LogP contribution in [0, 0.1) is 0 Å². The van der Waals surface area contributed by atoms with E-state index in [1.807, 2.05) is 53.4 Å². The lowest BCUT2D eigenvalue weighted by Gasteiger charge is -2.36. The van der Waals surface area contributed by atoms with Gasteiger partial charge in [0.1, 0.15) is 0 Å². The second-order valence-electron chi connectivity index (χ2n) is 8.34. The van der Waals surface area contributed by atoms with E-state index in [9.17, 15) is 14.4 Å². The van der Waals surface area contributed by atoms with E-state index in [1.54, 1.807) is 24.3 Å². The Labute approximate surface area is 193 Å². The van der Waals surface area contributed by atoms with Crippen LogP contribution in [0.5, 0.6) is 0 Å². The Kier molecular flexibility index (Phi) is 5.42. The van der Waals surface area contributed by atoms with E-state index in [0.29, 0.717) is 29.9 Å². The molecule has 0 spiro atoms. The largest absolute Gasteiger partial charge is 0.368 e. The first-order valence-corrected chi connectivity index (χ1v) is 11.3. The molecule has 6 heteroatoms. The van der Waals surface area contributed by atoms with E-state index in [0.717, 1.165) is 30.8 Å². The summed E-state index contributed by atoms with van der Waals surface area (Å²) < 4.78 is 0. The number of amides is 3. The van der Waals surface area contributed by atoms with Gasteiger partial charge in [-0.25, -0.2) is 4.90 Å². The SMILES string of the molecule is CCc1ccc(C(=O)N2CCN(c3ccc(N4C(=O)c5ccccc5C4=O)cc3)CC2)cc1. The van der Waals surface area contributed by atoms with Gasteiger partial charge in [0.05, 0.1) is 16.8 Å². The molecule has 0 atom stereocenters. The fourth-order valence-electron chi connectivity index (χ4n) is 4.47. The molecule has 0 saturated carbocycles. The van der Waals surface area contributed by atoms with Crippen LogP contribution in [-0.2, 0) is 6.42 Å². The first-order valence-electron chi connectivity index (χ1n) is 11.3. The highest BCUT2D eigenvalue weighted by atomic mass is 16.2. The lowest BCUT2D eigenvalue weighted by Crippen LogP contribution is -2.48. The Morgan fingerprint density at radius 1 is 0.727 bits per heavy atom. The van der Waals surface area contributed by atoms with Crippen molar-refractivity contribution >= 4 is 29.1 Å². The van der Waals surface area contributed by atoms with Gasteiger partial charge < -0.3 is 9.80 Å². The minimum atomic E-state index is -0.289. The van der Waals surface area contributed by atoms with Crippen LogP contribution >= 0.6 is 0 Å².